The number of hydrogen-bond donors (Lipinski definition) is 2. The first-order valence-corrected chi connectivity index (χ1v) is 8.20. The quantitative estimate of drug-likeness (QED) is 0.451. The molecule has 0 bridgehead atoms. The number of unbranched alkanes of at least 4 members (excludes halogenated alkanes) is 1. The van der Waals surface area contributed by atoms with Gasteiger partial charge in [-0.05, 0) is 51.2 Å². The molecule has 0 spiro atoms. The van der Waals surface area contributed by atoms with Crippen LogP contribution in [-0.4, -0.2) is 48.4 Å². The monoisotopic (exact) mass is 291 g/mol. The summed E-state index contributed by atoms with van der Waals surface area (Å²) in [6, 6.07) is 0. The van der Waals surface area contributed by atoms with Crippen LogP contribution in [0.15, 0.2) is 0 Å². The van der Waals surface area contributed by atoms with Crippen molar-refractivity contribution in [2.24, 2.45) is 5.92 Å². The largest absolute Gasteiger partial charge is 0.465 e. The molecule has 2 unspecified atom stereocenters. The molecule has 114 valence electrons. The lowest BCUT2D eigenvalue weighted by atomic mass is 9.95. The third kappa shape index (κ3) is 7.80. The molecule has 0 aromatic rings. The summed E-state index contributed by atoms with van der Waals surface area (Å²) in [5.41, 5.74) is -0.570. The van der Waals surface area contributed by atoms with E-state index in [4.69, 9.17) is 9.84 Å². The topological polar surface area (TPSA) is 58.6 Å². The van der Waals surface area contributed by atoms with Crippen molar-refractivity contribution < 1.29 is 14.6 Å². The van der Waals surface area contributed by atoms with Crippen LogP contribution in [0.5, 0.6) is 0 Å². The highest BCUT2D eigenvalue weighted by Crippen LogP contribution is 2.17. The minimum Gasteiger partial charge on any atom is -0.465 e. The van der Waals surface area contributed by atoms with Gasteiger partial charge in [-0.25, -0.2) is 0 Å². The maximum atomic E-state index is 11.8. The van der Waals surface area contributed by atoms with Gasteiger partial charge in [0.25, 0.3) is 0 Å². The third-order valence-corrected chi connectivity index (χ3v) is 4.59. The van der Waals surface area contributed by atoms with Gasteiger partial charge in [-0.1, -0.05) is 13.3 Å². The maximum Gasteiger partial charge on any atom is 0.326 e. The molecule has 0 heterocycles. The van der Waals surface area contributed by atoms with E-state index in [0.29, 0.717) is 12.5 Å². The van der Waals surface area contributed by atoms with Crippen molar-refractivity contribution in [3.8, 4) is 0 Å². The first kappa shape index (κ1) is 18.7. The summed E-state index contributed by atoms with van der Waals surface area (Å²) in [5, 5.41) is 12.0. The second-order valence-corrected chi connectivity index (χ2v) is 6.27. The second kappa shape index (κ2) is 10.5. The maximum absolute atomic E-state index is 11.8. The summed E-state index contributed by atoms with van der Waals surface area (Å²) in [5.74, 6) is 2.27. The van der Waals surface area contributed by atoms with Crippen LogP contribution in [0.4, 0.5) is 0 Å². The summed E-state index contributed by atoms with van der Waals surface area (Å²) >= 11 is 1.87. The van der Waals surface area contributed by atoms with Gasteiger partial charge in [0.05, 0.1) is 6.61 Å². The Hall–Kier alpha value is -0.260. The van der Waals surface area contributed by atoms with Gasteiger partial charge < -0.3 is 15.2 Å². The Labute approximate surface area is 121 Å². The average molecular weight is 291 g/mol. The number of ether oxygens (including phenoxy) is 1. The minimum atomic E-state index is -0.570. The number of hydrogen-bond acceptors (Lipinski definition) is 5. The molecule has 0 fully saturated rings. The number of likely N-dealkylation sites (N-methyl/N-ethyl adjacent to an activating group) is 1. The highest BCUT2D eigenvalue weighted by molar-refractivity contribution is 7.99. The number of thioether (sulfide) groups is 1. The molecule has 2 atom stereocenters. The van der Waals surface area contributed by atoms with Crippen LogP contribution in [-0.2, 0) is 9.53 Å². The molecule has 0 saturated heterocycles. The van der Waals surface area contributed by atoms with Crippen LogP contribution < -0.4 is 5.32 Å². The molecule has 0 aliphatic heterocycles. The van der Waals surface area contributed by atoms with Crippen molar-refractivity contribution in [1.82, 2.24) is 5.32 Å². The highest BCUT2D eigenvalue weighted by atomic mass is 32.2. The zero-order chi connectivity index (χ0) is 14.7. The van der Waals surface area contributed by atoms with Crippen molar-refractivity contribution in [2.75, 3.05) is 31.8 Å². The standard InChI is InChI=1S/C14H29NO3S/c1-5-18-13(17)14(3,15-4)8-6-7-9-19-11-12(2)10-16/h12,15-16H,5-11H2,1-4H3. The van der Waals surface area contributed by atoms with E-state index < -0.39 is 5.54 Å². The minimum absolute atomic E-state index is 0.168. The van der Waals surface area contributed by atoms with Gasteiger partial charge in [0.15, 0.2) is 0 Å². The molecule has 0 radical (unpaired) electrons. The third-order valence-electron chi connectivity index (χ3n) is 3.21. The van der Waals surface area contributed by atoms with Gasteiger partial charge in [-0.3, -0.25) is 4.79 Å². The highest BCUT2D eigenvalue weighted by Gasteiger charge is 2.31. The van der Waals surface area contributed by atoms with Crippen molar-refractivity contribution in [3.63, 3.8) is 0 Å². The number of aliphatic hydroxyl groups excluding tert-OH is 1. The molecule has 0 amide bonds. The molecule has 0 aliphatic rings. The molecular weight excluding hydrogens is 262 g/mol. The number of rotatable bonds is 11. The van der Waals surface area contributed by atoms with Crippen molar-refractivity contribution >= 4 is 17.7 Å². The normalized spacial score (nSPS) is 15.8. The summed E-state index contributed by atoms with van der Waals surface area (Å²) in [4.78, 5) is 11.8. The Kier molecular flexibility index (Phi) is 10.4. The fourth-order valence-electron chi connectivity index (χ4n) is 1.64. The molecule has 19 heavy (non-hydrogen) atoms. The first-order chi connectivity index (χ1) is 9.00. The van der Waals surface area contributed by atoms with Crippen LogP contribution in [0.2, 0.25) is 0 Å². The predicted molar refractivity (Wildman–Crippen MR) is 81.5 cm³/mol. The van der Waals surface area contributed by atoms with E-state index in [2.05, 4.69) is 5.32 Å². The smallest absolute Gasteiger partial charge is 0.326 e. The molecule has 5 heteroatoms. The number of carbonyl (C=O) groups excluding carboxylic acids is 1. The fourth-order valence-corrected chi connectivity index (χ4v) is 2.72. The van der Waals surface area contributed by atoms with E-state index in [1.807, 2.05) is 32.5 Å². The summed E-state index contributed by atoms with van der Waals surface area (Å²) in [6.45, 7) is 6.45. The van der Waals surface area contributed by atoms with E-state index in [0.717, 1.165) is 30.8 Å². The molecular formula is C14H29NO3S. The molecule has 0 saturated carbocycles. The molecule has 0 aromatic heterocycles. The number of nitrogens with one attached hydrogen (secondary N) is 1. The SMILES string of the molecule is CCOC(=O)C(C)(CCCCSCC(C)CO)NC. The average Bonchev–Trinajstić information content (AvgIpc) is 2.42. The first-order valence-electron chi connectivity index (χ1n) is 7.05. The van der Waals surface area contributed by atoms with E-state index in [1.165, 1.54) is 0 Å². The van der Waals surface area contributed by atoms with E-state index in [9.17, 15) is 4.79 Å². The van der Waals surface area contributed by atoms with Gasteiger partial charge in [-0.2, -0.15) is 11.8 Å². The van der Waals surface area contributed by atoms with E-state index in [1.54, 1.807) is 7.05 Å². The van der Waals surface area contributed by atoms with Crippen LogP contribution >= 0.6 is 11.8 Å². The summed E-state index contributed by atoms with van der Waals surface area (Å²) in [7, 11) is 1.80. The lowest BCUT2D eigenvalue weighted by Crippen LogP contribution is -2.48. The van der Waals surface area contributed by atoms with Gasteiger partial charge in [-0.15, -0.1) is 0 Å². The van der Waals surface area contributed by atoms with Gasteiger partial charge in [0.2, 0.25) is 0 Å². The fraction of sp³-hybridized carbons (Fsp3) is 0.929. The summed E-state index contributed by atoms with van der Waals surface area (Å²) in [6.07, 6.45) is 2.87. The second-order valence-electron chi connectivity index (χ2n) is 5.12. The molecule has 2 N–H and O–H groups in total. The number of esters is 1. The van der Waals surface area contributed by atoms with Crippen molar-refractivity contribution in [2.45, 2.75) is 45.6 Å². The zero-order valence-electron chi connectivity index (χ0n) is 12.7. The lowest BCUT2D eigenvalue weighted by molar-refractivity contribution is -0.150. The zero-order valence-corrected chi connectivity index (χ0v) is 13.5. The van der Waals surface area contributed by atoms with Crippen LogP contribution in [0.25, 0.3) is 0 Å². The van der Waals surface area contributed by atoms with Gasteiger partial charge in [0.1, 0.15) is 5.54 Å². The Morgan fingerprint density at radius 2 is 2.16 bits per heavy atom. The van der Waals surface area contributed by atoms with Gasteiger partial charge in [0, 0.05) is 6.61 Å². The Balaban J connectivity index is 3.80. The van der Waals surface area contributed by atoms with Gasteiger partial charge >= 0.3 is 5.97 Å². The molecule has 0 aromatic carbocycles. The van der Waals surface area contributed by atoms with Crippen LogP contribution in [0.3, 0.4) is 0 Å². The van der Waals surface area contributed by atoms with E-state index >= 15 is 0 Å². The van der Waals surface area contributed by atoms with E-state index in [-0.39, 0.29) is 12.6 Å². The van der Waals surface area contributed by atoms with Crippen molar-refractivity contribution in [1.29, 1.82) is 0 Å². The lowest BCUT2D eigenvalue weighted by Gasteiger charge is -2.26. The molecule has 0 aliphatic carbocycles. The summed E-state index contributed by atoms with van der Waals surface area (Å²) < 4.78 is 5.09. The van der Waals surface area contributed by atoms with Crippen LogP contribution in [0, 0.1) is 5.92 Å². The van der Waals surface area contributed by atoms with Crippen molar-refractivity contribution in [3.05, 3.63) is 0 Å². The Bertz CT molecular complexity index is 251. The number of aliphatic hydroxyl groups is 1. The Morgan fingerprint density at radius 1 is 1.47 bits per heavy atom. The van der Waals surface area contributed by atoms with Crippen LogP contribution in [0.1, 0.15) is 40.0 Å². The molecule has 4 nitrogen and oxygen atoms in total. The Morgan fingerprint density at radius 3 is 2.68 bits per heavy atom. The predicted octanol–water partition coefficient (Wildman–Crippen LogP) is 2.06. The molecule has 0 rings (SSSR count). The number of carbonyl (C=O) groups is 1.